The van der Waals surface area contributed by atoms with Crippen molar-refractivity contribution >= 4 is 5.91 Å². The lowest BCUT2D eigenvalue weighted by Crippen LogP contribution is -2.39. The zero-order valence-electron chi connectivity index (χ0n) is 11.1. The van der Waals surface area contributed by atoms with Crippen LogP contribution in [-0.2, 0) is 4.79 Å². The minimum absolute atomic E-state index is 0.00327. The SMILES string of the molecule is Cc1ccccc1[C@@H](C)NC(=O)C1CCCC1N. The Labute approximate surface area is 109 Å². The maximum atomic E-state index is 12.2. The number of carbonyl (C=O) groups is 1. The van der Waals surface area contributed by atoms with Gasteiger partial charge in [0.15, 0.2) is 0 Å². The van der Waals surface area contributed by atoms with Gasteiger partial charge in [-0.25, -0.2) is 0 Å². The van der Waals surface area contributed by atoms with E-state index in [1.165, 1.54) is 11.1 Å². The van der Waals surface area contributed by atoms with E-state index in [2.05, 4.69) is 24.4 Å². The number of benzene rings is 1. The molecule has 0 spiro atoms. The molecule has 0 aromatic heterocycles. The topological polar surface area (TPSA) is 55.1 Å². The van der Waals surface area contributed by atoms with Crippen LogP contribution in [0.15, 0.2) is 24.3 Å². The van der Waals surface area contributed by atoms with Crippen molar-refractivity contribution in [2.75, 3.05) is 0 Å². The van der Waals surface area contributed by atoms with Crippen molar-refractivity contribution < 1.29 is 4.79 Å². The number of hydrogen-bond acceptors (Lipinski definition) is 2. The molecule has 1 fully saturated rings. The van der Waals surface area contributed by atoms with E-state index in [1.54, 1.807) is 0 Å². The standard InChI is InChI=1S/C15H22N2O/c1-10-6-3-4-7-12(10)11(2)17-15(18)13-8-5-9-14(13)16/h3-4,6-7,11,13-14H,5,8-9,16H2,1-2H3,(H,17,18)/t11-,13?,14?/m1/s1. The molecule has 3 atom stereocenters. The molecule has 0 saturated heterocycles. The van der Waals surface area contributed by atoms with Crippen LogP contribution in [0.3, 0.4) is 0 Å². The van der Waals surface area contributed by atoms with Crippen molar-refractivity contribution in [1.29, 1.82) is 0 Å². The quantitative estimate of drug-likeness (QED) is 0.859. The molecule has 1 aromatic carbocycles. The molecular weight excluding hydrogens is 224 g/mol. The van der Waals surface area contributed by atoms with Crippen molar-refractivity contribution in [2.24, 2.45) is 11.7 Å². The van der Waals surface area contributed by atoms with Crippen LogP contribution in [0, 0.1) is 12.8 Å². The maximum Gasteiger partial charge on any atom is 0.225 e. The Morgan fingerprint density at radius 3 is 2.72 bits per heavy atom. The third kappa shape index (κ3) is 2.72. The van der Waals surface area contributed by atoms with E-state index in [0.29, 0.717) is 0 Å². The summed E-state index contributed by atoms with van der Waals surface area (Å²) < 4.78 is 0. The van der Waals surface area contributed by atoms with Crippen molar-refractivity contribution in [2.45, 2.75) is 45.2 Å². The highest BCUT2D eigenvalue weighted by Gasteiger charge is 2.30. The van der Waals surface area contributed by atoms with Crippen molar-refractivity contribution in [3.8, 4) is 0 Å². The average Bonchev–Trinajstić information content (AvgIpc) is 2.76. The summed E-state index contributed by atoms with van der Waals surface area (Å²) in [5.74, 6) is 0.104. The largest absolute Gasteiger partial charge is 0.349 e. The van der Waals surface area contributed by atoms with Crippen LogP contribution in [0.2, 0.25) is 0 Å². The summed E-state index contributed by atoms with van der Waals surface area (Å²) in [5.41, 5.74) is 8.35. The van der Waals surface area contributed by atoms with Gasteiger partial charge in [-0.15, -0.1) is 0 Å². The van der Waals surface area contributed by atoms with Gasteiger partial charge in [0.2, 0.25) is 5.91 Å². The van der Waals surface area contributed by atoms with E-state index >= 15 is 0 Å². The Morgan fingerprint density at radius 2 is 2.11 bits per heavy atom. The van der Waals surface area contributed by atoms with Gasteiger partial charge in [0.05, 0.1) is 12.0 Å². The molecule has 2 rings (SSSR count). The summed E-state index contributed by atoms with van der Waals surface area (Å²) in [6.07, 6.45) is 2.96. The van der Waals surface area contributed by atoms with Gasteiger partial charge >= 0.3 is 0 Å². The molecule has 0 radical (unpaired) electrons. The summed E-state index contributed by atoms with van der Waals surface area (Å²) in [6, 6.07) is 8.24. The minimum atomic E-state index is -0.00327. The minimum Gasteiger partial charge on any atom is -0.349 e. The molecule has 1 amide bonds. The first-order valence-corrected chi connectivity index (χ1v) is 6.71. The van der Waals surface area contributed by atoms with Crippen molar-refractivity contribution in [3.63, 3.8) is 0 Å². The lowest BCUT2D eigenvalue weighted by atomic mass is 9.99. The highest BCUT2D eigenvalue weighted by atomic mass is 16.2. The van der Waals surface area contributed by atoms with E-state index < -0.39 is 0 Å². The zero-order chi connectivity index (χ0) is 13.1. The summed E-state index contributed by atoms with van der Waals surface area (Å²) in [5, 5.41) is 3.09. The number of rotatable bonds is 3. The molecule has 18 heavy (non-hydrogen) atoms. The fourth-order valence-corrected chi connectivity index (χ4v) is 2.79. The van der Waals surface area contributed by atoms with Gasteiger partial charge in [-0.05, 0) is 37.8 Å². The van der Waals surface area contributed by atoms with E-state index in [1.807, 2.05) is 19.1 Å². The fourth-order valence-electron chi connectivity index (χ4n) is 2.79. The van der Waals surface area contributed by atoms with Crippen molar-refractivity contribution in [3.05, 3.63) is 35.4 Å². The lowest BCUT2D eigenvalue weighted by molar-refractivity contribution is -0.125. The predicted octanol–water partition coefficient (Wildman–Crippen LogP) is 2.30. The molecule has 98 valence electrons. The third-order valence-electron chi connectivity index (χ3n) is 3.92. The number of hydrogen-bond donors (Lipinski definition) is 2. The second-order valence-electron chi connectivity index (χ2n) is 5.29. The van der Waals surface area contributed by atoms with Crippen LogP contribution in [0.25, 0.3) is 0 Å². The second-order valence-corrected chi connectivity index (χ2v) is 5.29. The normalized spacial score (nSPS) is 24.8. The first-order valence-electron chi connectivity index (χ1n) is 6.71. The second kappa shape index (κ2) is 5.53. The van der Waals surface area contributed by atoms with Gasteiger partial charge in [0, 0.05) is 6.04 Å². The number of amides is 1. The maximum absolute atomic E-state index is 12.2. The molecule has 0 aliphatic heterocycles. The highest BCUT2D eigenvalue weighted by molar-refractivity contribution is 5.80. The smallest absolute Gasteiger partial charge is 0.225 e. The average molecular weight is 246 g/mol. The molecule has 1 saturated carbocycles. The molecule has 1 aliphatic carbocycles. The van der Waals surface area contributed by atoms with E-state index in [9.17, 15) is 4.79 Å². The summed E-state index contributed by atoms with van der Waals surface area (Å²) in [7, 11) is 0. The van der Waals surface area contributed by atoms with Gasteiger partial charge in [0.25, 0.3) is 0 Å². The molecule has 1 aliphatic rings. The fraction of sp³-hybridized carbons (Fsp3) is 0.533. The Balaban J connectivity index is 2.01. The molecule has 3 N–H and O–H groups in total. The van der Waals surface area contributed by atoms with E-state index in [4.69, 9.17) is 5.73 Å². The van der Waals surface area contributed by atoms with E-state index in [-0.39, 0.29) is 23.9 Å². The van der Waals surface area contributed by atoms with Crippen LogP contribution in [0.1, 0.15) is 43.4 Å². The highest BCUT2D eigenvalue weighted by Crippen LogP contribution is 2.25. The van der Waals surface area contributed by atoms with Crippen LogP contribution in [-0.4, -0.2) is 11.9 Å². The summed E-state index contributed by atoms with van der Waals surface area (Å²) in [4.78, 5) is 12.2. The number of aryl methyl sites for hydroxylation is 1. The van der Waals surface area contributed by atoms with Gasteiger partial charge in [-0.3, -0.25) is 4.79 Å². The van der Waals surface area contributed by atoms with Gasteiger partial charge in [-0.2, -0.15) is 0 Å². The van der Waals surface area contributed by atoms with E-state index in [0.717, 1.165) is 19.3 Å². The van der Waals surface area contributed by atoms with Gasteiger partial charge in [0.1, 0.15) is 0 Å². The molecule has 0 bridgehead atoms. The third-order valence-corrected chi connectivity index (χ3v) is 3.92. The lowest BCUT2D eigenvalue weighted by Gasteiger charge is -2.21. The molecule has 1 aromatic rings. The molecule has 3 nitrogen and oxygen atoms in total. The number of nitrogens with one attached hydrogen (secondary N) is 1. The van der Waals surface area contributed by atoms with Crippen LogP contribution in [0.5, 0.6) is 0 Å². The molecule has 2 unspecified atom stereocenters. The predicted molar refractivity (Wildman–Crippen MR) is 73.1 cm³/mol. The monoisotopic (exact) mass is 246 g/mol. The molecular formula is C15H22N2O. The number of carbonyl (C=O) groups excluding carboxylic acids is 1. The first kappa shape index (κ1) is 13.1. The Bertz CT molecular complexity index is 430. The van der Waals surface area contributed by atoms with Crippen LogP contribution < -0.4 is 11.1 Å². The summed E-state index contributed by atoms with van der Waals surface area (Å²) in [6.45, 7) is 4.10. The van der Waals surface area contributed by atoms with Crippen LogP contribution >= 0.6 is 0 Å². The Morgan fingerprint density at radius 1 is 1.39 bits per heavy atom. The van der Waals surface area contributed by atoms with Gasteiger partial charge in [-0.1, -0.05) is 30.7 Å². The van der Waals surface area contributed by atoms with Gasteiger partial charge < -0.3 is 11.1 Å². The van der Waals surface area contributed by atoms with Crippen molar-refractivity contribution in [1.82, 2.24) is 5.32 Å². The summed E-state index contributed by atoms with van der Waals surface area (Å²) >= 11 is 0. The number of nitrogens with two attached hydrogens (primary N) is 1. The first-order chi connectivity index (χ1) is 8.59. The molecule has 3 heteroatoms. The zero-order valence-corrected chi connectivity index (χ0v) is 11.1. The Hall–Kier alpha value is -1.35. The van der Waals surface area contributed by atoms with Crippen LogP contribution in [0.4, 0.5) is 0 Å². The Kier molecular flexibility index (Phi) is 4.02. The molecule has 0 heterocycles.